The second-order valence-electron chi connectivity index (χ2n) is 4.05. The number of aromatic carboxylic acids is 1. The highest BCUT2D eigenvalue weighted by molar-refractivity contribution is 5.88. The molecule has 5 nitrogen and oxygen atoms in total. The van der Waals surface area contributed by atoms with Gasteiger partial charge in [-0.15, -0.1) is 0 Å². The Labute approximate surface area is 113 Å². The second kappa shape index (κ2) is 5.68. The number of rotatable bonds is 5. The van der Waals surface area contributed by atoms with Crippen LogP contribution < -0.4 is 5.32 Å². The van der Waals surface area contributed by atoms with Crippen molar-refractivity contribution in [2.24, 2.45) is 0 Å². The van der Waals surface area contributed by atoms with E-state index >= 15 is 0 Å². The van der Waals surface area contributed by atoms with Crippen LogP contribution >= 0.6 is 0 Å². The molecule has 0 unspecified atom stereocenters. The van der Waals surface area contributed by atoms with Gasteiger partial charge in [0.15, 0.2) is 0 Å². The molecule has 0 radical (unpaired) electrons. The fourth-order valence-corrected chi connectivity index (χ4v) is 1.62. The van der Waals surface area contributed by atoms with Gasteiger partial charge in [0.1, 0.15) is 23.1 Å². The van der Waals surface area contributed by atoms with Crippen molar-refractivity contribution in [1.29, 1.82) is 0 Å². The minimum absolute atomic E-state index is 0.000256. The van der Waals surface area contributed by atoms with Crippen molar-refractivity contribution in [2.75, 3.05) is 5.32 Å². The van der Waals surface area contributed by atoms with Crippen molar-refractivity contribution in [3.63, 3.8) is 0 Å². The van der Waals surface area contributed by atoms with Crippen LogP contribution in [0.5, 0.6) is 0 Å². The maximum Gasteiger partial charge on any atom is 0.335 e. The first-order valence-corrected chi connectivity index (χ1v) is 5.91. The molecule has 0 aliphatic rings. The molecule has 0 aliphatic carbocycles. The molecule has 0 bridgehead atoms. The molecular formula is C13H12F2N2O3. The minimum atomic E-state index is -1.39. The van der Waals surface area contributed by atoms with Crippen LogP contribution in [-0.2, 0) is 13.0 Å². The fourth-order valence-electron chi connectivity index (χ4n) is 1.62. The Hall–Kier alpha value is -2.44. The average molecular weight is 282 g/mol. The summed E-state index contributed by atoms with van der Waals surface area (Å²) < 4.78 is 32.5. The quantitative estimate of drug-likeness (QED) is 0.882. The monoisotopic (exact) mass is 282 g/mol. The van der Waals surface area contributed by atoms with Gasteiger partial charge < -0.3 is 14.8 Å². The van der Waals surface area contributed by atoms with Crippen molar-refractivity contribution in [3.8, 4) is 0 Å². The van der Waals surface area contributed by atoms with Crippen LogP contribution in [0.4, 0.5) is 14.5 Å². The largest absolute Gasteiger partial charge is 0.478 e. The van der Waals surface area contributed by atoms with Crippen LogP contribution in [0.25, 0.3) is 0 Å². The highest BCUT2D eigenvalue weighted by Gasteiger charge is 2.15. The van der Waals surface area contributed by atoms with E-state index in [4.69, 9.17) is 9.52 Å². The van der Waals surface area contributed by atoms with Crippen LogP contribution in [0.1, 0.15) is 28.9 Å². The van der Waals surface area contributed by atoms with E-state index in [1.54, 1.807) is 0 Å². The summed E-state index contributed by atoms with van der Waals surface area (Å²) in [5.74, 6) is -2.39. The lowest BCUT2D eigenvalue weighted by Crippen LogP contribution is -2.06. The Bertz CT molecular complexity index is 617. The molecule has 0 fully saturated rings. The molecule has 1 aromatic carbocycles. The molecule has 2 aromatic rings. The van der Waals surface area contributed by atoms with Gasteiger partial charge in [0.2, 0.25) is 5.89 Å². The zero-order chi connectivity index (χ0) is 14.7. The number of nitrogens with one attached hydrogen (secondary N) is 1. The Balaban J connectivity index is 2.15. The fraction of sp³-hybridized carbons (Fsp3) is 0.231. The van der Waals surface area contributed by atoms with Gasteiger partial charge in [-0.25, -0.2) is 18.6 Å². The number of anilines is 1. The summed E-state index contributed by atoms with van der Waals surface area (Å²) in [6.07, 6.45) is 2.21. The average Bonchev–Trinajstić information content (AvgIpc) is 2.85. The molecule has 7 heteroatoms. The molecule has 2 rings (SSSR count). The van der Waals surface area contributed by atoms with Crippen molar-refractivity contribution in [3.05, 3.63) is 47.2 Å². The number of carboxylic acids is 1. The molecule has 20 heavy (non-hydrogen) atoms. The third-order valence-electron chi connectivity index (χ3n) is 2.66. The summed E-state index contributed by atoms with van der Waals surface area (Å²) >= 11 is 0. The Kier molecular flexibility index (Phi) is 3.97. The first kappa shape index (κ1) is 14.0. The SMILES string of the molecule is CCc1cnc(CNc2c(F)cc(C(=O)O)cc2F)o1. The van der Waals surface area contributed by atoms with Gasteiger partial charge in [0.25, 0.3) is 0 Å². The summed E-state index contributed by atoms with van der Waals surface area (Å²) in [7, 11) is 0. The number of benzene rings is 1. The molecule has 0 atom stereocenters. The van der Waals surface area contributed by atoms with Gasteiger partial charge in [0, 0.05) is 6.42 Å². The third-order valence-corrected chi connectivity index (χ3v) is 2.66. The standard InChI is InChI=1S/C13H12F2N2O3/c1-2-8-5-16-11(20-8)6-17-12-9(14)3-7(13(18)19)4-10(12)15/h3-5,17H,2,6H2,1H3,(H,18,19). The molecule has 1 aromatic heterocycles. The van der Waals surface area contributed by atoms with E-state index in [-0.39, 0.29) is 6.54 Å². The van der Waals surface area contributed by atoms with Crippen LogP contribution in [0.2, 0.25) is 0 Å². The van der Waals surface area contributed by atoms with Crippen molar-refractivity contribution in [1.82, 2.24) is 4.98 Å². The lowest BCUT2D eigenvalue weighted by atomic mass is 10.2. The minimum Gasteiger partial charge on any atom is -0.478 e. The number of oxazole rings is 1. The summed E-state index contributed by atoms with van der Waals surface area (Å²) in [4.78, 5) is 14.6. The number of hydrogen-bond donors (Lipinski definition) is 2. The first-order chi connectivity index (χ1) is 9.51. The van der Waals surface area contributed by atoms with Gasteiger partial charge in [-0.3, -0.25) is 0 Å². The van der Waals surface area contributed by atoms with Crippen molar-refractivity contribution < 1.29 is 23.1 Å². The molecule has 0 saturated heterocycles. The number of hydrogen-bond acceptors (Lipinski definition) is 4. The van der Waals surface area contributed by atoms with Crippen LogP contribution in [0.3, 0.4) is 0 Å². The molecule has 0 saturated carbocycles. The van der Waals surface area contributed by atoms with E-state index in [2.05, 4.69) is 10.3 Å². The predicted molar refractivity (Wildman–Crippen MR) is 66.5 cm³/mol. The number of halogens is 2. The Morgan fingerprint density at radius 2 is 2.05 bits per heavy atom. The normalized spacial score (nSPS) is 10.6. The van der Waals surface area contributed by atoms with Crippen molar-refractivity contribution >= 4 is 11.7 Å². The van der Waals surface area contributed by atoms with Gasteiger partial charge in [0.05, 0.1) is 18.3 Å². The molecule has 0 spiro atoms. The summed E-state index contributed by atoms with van der Waals surface area (Å²) in [6.45, 7) is 1.89. The Morgan fingerprint density at radius 1 is 1.40 bits per heavy atom. The smallest absolute Gasteiger partial charge is 0.335 e. The topological polar surface area (TPSA) is 75.4 Å². The molecule has 106 valence electrons. The molecular weight excluding hydrogens is 270 g/mol. The zero-order valence-corrected chi connectivity index (χ0v) is 10.6. The lowest BCUT2D eigenvalue weighted by Gasteiger charge is -2.07. The zero-order valence-electron chi connectivity index (χ0n) is 10.6. The number of aryl methyl sites for hydroxylation is 1. The molecule has 1 heterocycles. The summed E-state index contributed by atoms with van der Waals surface area (Å²) in [5, 5.41) is 11.2. The van der Waals surface area contributed by atoms with E-state index in [1.807, 2.05) is 6.92 Å². The lowest BCUT2D eigenvalue weighted by molar-refractivity contribution is 0.0696. The predicted octanol–water partition coefficient (Wildman–Crippen LogP) is 2.83. The maximum absolute atomic E-state index is 13.6. The van der Waals surface area contributed by atoms with Crippen LogP contribution in [0.15, 0.2) is 22.7 Å². The number of carboxylic acid groups (broad SMARTS) is 1. The number of carbonyl (C=O) groups is 1. The van der Waals surface area contributed by atoms with E-state index in [0.29, 0.717) is 18.1 Å². The van der Waals surface area contributed by atoms with E-state index in [1.165, 1.54) is 6.20 Å². The highest BCUT2D eigenvalue weighted by atomic mass is 19.1. The van der Waals surface area contributed by atoms with Gasteiger partial charge in [-0.05, 0) is 12.1 Å². The highest BCUT2D eigenvalue weighted by Crippen LogP contribution is 2.21. The molecule has 0 amide bonds. The van der Waals surface area contributed by atoms with Crippen LogP contribution in [-0.4, -0.2) is 16.1 Å². The van der Waals surface area contributed by atoms with E-state index in [0.717, 1.165) is 12.1 Å². The molecule has 0 aliphatic heterocycles. The van der Waals surface area contributed by atoms with Crippen molar-refractivity contribution in [2.45, 2.75) is 19.9 Å². The first-order valence-electron chi connectivity index (χ1n) is 5.91. The summed E-state index contributed by atoms with van der Waals surface area (Å²) in [6, 6.07) is 1.50. The number of aromatic nitrogens is 1. The van der Waals surface area contributed by atoms with Gasteiger partial charge in [-0.1, -0.05) is 6.92 Å². The molecule has 2 N–H and O–H groups in total. The second-order valence-corrected chi connectivity index (χ2v) is 4.05. The maximum atomic E-state index is 13.6. The third kappa shape index (κ3) is 2.93. The van der Waals surface area contributed by atoms with Crippen LogP contribution in [0, 0.1) is 11.6 Å². The van der Waals surface area contributed by atoms with Gasteiger partial charge in [-0.2, -0.15) is 0 Å². The number of nitrogens with zero attached hydrogens (tertiary/aromatic N) is 1. The van der Waals surface area contributed by atoms with E-state index < -0.39 is 28.9 Å². The Morgan fingerprint density at radius 3 is 2.55 bits per heavy atom. The van der Waals surface area contributed by atoms with E-state index in [9.17, 15) is 13.6 Å². The summed E-state index contributed by atoms with van der Waals surface area (Å²) in [5.41, 5.74) is -0.860. The van der Waals surface area contributed by atoms with Gasteiger partial charge >= 0.3 is 5.97 Å².